The van der Waals surface area contributed by atoms with Crippen LogP contribution in [0.2, 0.25) is 0 Å². The summed E-state index contributed by atoms with van der Waals surface area (Å²) in [5, 5.41) is 24.4. The van der Waals surface area contributed by atoms with Crippen LogP contribution in [0.25, 0.3) is 187 Å². The Morgan fingerprint density at radius 1 is 0.243 bits per heavy atom. The Hall–Kier alpha value is -13.4. The number of hydrogen-bond donors (Lipinski definition) is 0. The molecule has 0 saturated heterocycles. The van der Waals surface area contributed by atoms with Crippen LogP contribution >= 0.6 is 0 Å². The van der Waals surface area contributed by atoms with Gasteiger partial charge in [-0.2, -0.15) is 15.0 Å². The van der Waals surface area contributed by atoms with Crippen molar-refractivity contribution >= 4 is 175 Å². The molecule has 7 heterocycles. The van der Waals surface area contributed by atoms with Crippen LogP contribution in [-0.2, 0) is 10.8 Å². The van der Waals surface area contributed by atoms with E-state index in [0.717, 1.165) is 71.6 Å². The number of aromatic nitrogens is 7. The van der Waals surface area contributed by atoms with Crippen molar-refractivity contribution in [1.82, 2.24) is 33.2 Å². The van der Waals surface area contributed by atoms with E-state index in [0.29, 0.717) is 17.7 Å². The molecule has 0 atom stereocenters. The summed E-state index contributed by atoms with van der Waals surface area (Å²) in [7, 11) is 0. The van der Waals surface area contributed by atoms with E-state index in [1.165, 1.54) is 136 Å². The third-order valence-electron chi connectivity index (χ3n) is 24.9. The highest BCUT2D eigenvalue weighted by Crippen LogP contribution is 2.51. The van der Waals surface area contributed by atoms with Crippen molar-refractivity contribution in [1.29, 1.82) is 0 Å². The molecule has 107 heavy (non-hydrogen) atoms. The highest BCUT2D eigenvalue weighted by molar-refractivity contribution is 7.00. The molecular formula is C99H64BN7. The Bertz CT molecular complexity index is 7490. The Kier molecular flexibility index (Phi) is 11.7. The molecule has 0 spiro atoms. The van der Waals surface area contributed by atoms with E-state index >= 15 is 0 Å². The fourth-order valence-electron chi connectivity index (χ4n) is 19.9. The van der Waals surface area contributed by atoms with Gasteiger partial charge in [-0.05, 0) is 153 Å². The third kappa shape index (κ3) is 7.77. The number of hydrogen-bond acceptors (Lipinski definition) is 3. The number of benzene rings is 17. The van der Waals surface area contributed by atoms with Crippen LogP contribution in [0.15, 0.2) is 315 Å². The van der Waals surface area contributed by atoms with Crippen LogP contribution in [0.3, 0.4) is 0 Å². The first-order valence-electron chi connectivity index (χ1n) is 37.4. The molecule has 0 radical (unpaired) electrons. The summed E-state index contributed by atoms with van der Waals surface area (Å²) >= 11 is 0. The maximum Gasteiger partial charge on any atom is 0.252 e. The molecular weight excluding hydrogens is 1300 g/mol. The Morgan fingerprint density at radius 3 is 1.12 bits per heavy atom. The molecule has 0 aliphatic carbocycles. The van der Waals surface area contributed by atoms with Crippen molar-refractivity contribution in [3.05, 3.63) is 338 Å². The van der Waals surface area contributed by atoms with Crippen LogP contribution in [0.1, 0.15) is 49.9 Å². The van der Waals surface area contributed by atoms with E-state index in [1.807, 2.05) is 0 Å². The number of para-hydroxylation sites is 4. The summed E-state index contributed by atoms with van der Waals surface area (Å²) in [4.78, 5) is 17.6. The molecule has 8 heteroatoms. The molecule has 24 rings (SSSR count). The average Bonchev–Trinajstić information content (AvgIpc) is 1.52. The quantitative estimate of drug-likeness (QED) is 0.118. The van der Waals surface area contributed by atoms with Gasteiger partial charge in [-0.15, -0.1) is 0 Å². The second kappa shape index (κ2) is 21.2. The van der Waals surface area contributed by atoms with E-state index in [-0.39, 0.29) is 12.1 Å². The standard InChI is InChI=1S/C99H64BN7/c1-98(2,58-27-7-5-8-28-58)60-47-49-84-75(53-60)77-54-61(99(3,4)59-29-9-6-10-30-59)55-78-93(77)104(84)86-51-57(95-101-96(106-80-43-23-19-37-68(80)69-38-20-24-44-81(69)106)103-97(102-95)107-82-45-25-21-39-70(82)71-40-22-26-46-83(71)107)52-87-92(86)100(78)79-56-76-67-36-14-12-32-63(67)65-34-16-18-42-73(65)89(76)91-90-85(105(87)94(79)91)50-48-74-66-35-13-11-31-62(66)64-33-15-17-41-72(64)88(74)90/h5-56H,1-4H3. The van der Waals surface area contributed by atoms with Gasteiger partial charge in [0.1, 0.15) is 0 Å². The Balaban J connectivity index is 0.918. The highest BCUT2D eigenvalue weighted by Gasteiger charge is 2.44. The monoisotopic (exact) mass is 1360 g/mol. The minimum absolute atomic E-state index is 0.266. The SMILES string of the molecule is CC(C)(c1ccccc1)c1ccc2c(c1)c1cc(C(C)(C)c3ccccc3)cc3c1n2-c1cc(-c2nc(-n4c5ccccc5c5ccccc54)nc(-n4c5ccccc5c5ccccc54)n2)cc2c1B3c1cc3c4ccccc4c4ccccc4c3c3c4c5c6ccccc6c6ccccc6c5ccc4n-2c13. The Labute approximate surface area is 615 Å². The molecule has 7 nitrogen and oxygen atoms in total. The molecule has 17 aromatic carbocycles. The van der Waals surface area contributed by atoms with Crippen LogP contribution in [0, 0.1) is 0 Å². The maximum atomic E-state index is 5.92. The van der Waals surface area contributed by atoms with Gasteiger partial charge in [0.2, 0.25) is 11.9 Å². The summed E-state index contributed by atoms with van der Waals surface area (Å²) in [6, 6.07) is 118. The van der Waals surface area contributed by atoms with Crippen molar-refractivity contribution in [2.24, 2.45) is 0 Å². The van der Waals surface area contributed by atoms with Gasteiger partial charge in [-0.3, -0.25) is 9.13 Å². The zero-order chi connectivity index (χ0) is 70.4. The topological polar surface area (TPSA) is 58.4 Å². The van der Waals surface area contributed by atoms with Crippen molar-refractivity contribution in [3.63, 3.8) is 0 Å². The van der Waals surface area contributed by atoms with Gasteiger partial charge >= 0.3 is 0 Å². The van der Waals surface area contributed by atoms with Crippen LogP contribution in [0.4, 0.5) is 0 Å². The van der Waals surface area contributed by atoms with Gasteiger partial charge in [0.15, 0.2) is 5.82 Å². The average molecular weight is 1360 g/mol. The van der Waals surface area contributed by atoms with Gasteiger partial charge in [0.25, 0.3) is 6.71 Å². The molecule has 0 fully saturated rings. The van der Waals surface area contributed by atoms with Gasteiger partial charge in [0.05, 0.1) is 38.6 Å². The predicted octanol–water partition coefficient (Wildman–Crippen LogP) is 22.6. The van der Waals surface area contributed by atoms with Gasteiger partial charge in [-0.1, -0.05) is 282 Å². The molecule has 0 N–H and O–H groups in total. The number of fused-ring (bicyclic) bond motifs is 30. The first-order valence-corrected chi connectivity index (χ1v) is 37.4. The van der Waals surface area contributed by atoms with Gasteiger partial charge in [-0.25, -0.2) is 0 Å². The molecule has 5 aromatic heterocycles. The van der Waals surface area contributed by atoms with Gasteiger partial charge < -0.3 is 9.13 Å². The molecule has 0 bridgehead atoms. The van der Waals surface area contributed by atoms with Crippen LogP contribution < -0.4 is 16.4 Å². The van der Waals surface area contributed by atoms with E-state index < -0.39 is 5.41 Å². The smallest absolute Gasteiger partial charge is 0.252 e. The lowest BCUT2D eigenvalue weighted by Gasteiger charge is -2.35. The first kappa shape index (κ1) is 59.0. The maximum absolute atomic E-state index is 5.92. The normalized spacial score (nSPS) is 13.0. The summed E-state index contributed by atoms with van der Waals surface area (Å²) in [6.07, 6.45) is 0. The highest BCUT2D eigenvalue weighted by atomic mass is 15.3. The lowest BCUT2D eigenvalue weighted by Crippen LogP contribution is -2.59. The van der Waals surface area contributed by atoms with Crippen molar-refractivity contribution < 1.29 is 0 Å². The molecule has 0 amide bonds. The first-order chi connectivity index (χ1) is 52.6. The zero-order valence-electron chi connectivity index (χ0n) is 59.2. The van der Waals surface area contributed by atoms with Crippen LogP contribution in [-0.4, -0.2) is 39.9 Å². The van der Waals surface area contributed by atoms with Crippen molar-refractivity contribution in [2.45, 2.75) is 38.5 Å². The van der Waals surface area contributed by atoms with E-state index in [4.69, 9.17) is 15.0 Å². The molecule has 498 valence electrons. The second-order valence-electron chi connectivity index (χ2n) is 30.9. The molecule has 0 saturated carbocycles. The molecule has 2 aliphatic rings. The summed E-state index contributed by atoms with van der Waals surface area (Å²) in [5.74, 6) is 1.63. The number of rotatable bonds is 7. The van der Waals surface area contributed by atoms with E-state index in [1.54, 1.807) is 0 Å². The Morgan fingerprint density at radius 2 is 0.617 bits per heavy atom. The van der Waals surface area contributed by atoms with Crippen molar-refractivity contribution in [3.8, 4) is 34.7 Å². The molecule has 0 unspecified atom stereocenters. The van der Waals surface area contributed by atoms with Crippen LogP contribution in [0.5, 0.6) is 0 Å². The second-order valence-corrected chi connectivity index (χ2v) is 30.9. The third-order valence-corrected chi connectivity index (χ3v) is 24.9. The van der Waals surface area contributed by atoms with Crippen molar-refractivity contribution in [2.75, 3.05) is 0 Å². The predicted molar refractivity (Wildman–Crippen MR) is 449 cm³/mol. The number of nitrogens with zero attached hydrogens (tertiary/aromatic N) is 7. The van der Waals surface area contributed by atoms with E-state index in [9.17, 15) is 0 Å². The molecule has 22 aromatic rings. The summed E-state index contributed by atoms with van der Waals surface area (Å²) in [6.45, 7) is 9.34. The lowest BCUT2D eigenvalue weighted by molar-refractivity contribution is 0.641. The summed E-state index contributed by atoms with van der Waals surface area (Å²) in [5.41, 5.74) is 20.0. The molecule has 2 aliphatic heterocycles. The summed E-state index contributed by atoms with van der Waals surface area (Å²) < 4.78 is 9.85. The minimum atomic E-state index is -0.408. The fourth-order valence-corrected chi connectivity index (χ4v) is 19.9. The minimum Gasteiger partial charge on any atom is -0.310 e. The van der Waals surface area contributed by atoms with E-state index in [2.05, 4.69) is 361 Å². The zero-order valence-corrected chi connectivity index (χ0v) is 59.2. The fraction of sp³-hybridized carbons (Fsp3) is 0.0606. The lowest BCUT2D eigenvalue weighted by atomic mass is 9.34. The largest absolute Gasteiger partial charge is 0.310 e. The van der Waals surface area contributed by atoms with Gasteiger partial charge in [0, 0.05) is 87.1 Å².